The molecule has 1 amide bonds. The van der Waals surface area contributed by atoms with Gasteiger partial charge in [0.1, 0.15) is 5.82 Å². The first kappa shape index (κ1) is 21.8. The first-order valence-electron chi connectivity index (χ1n) is 11.7. The topological polar surface area (TPSA) is 60.5 Å². The largest absolute Gasteiger partial charge is 0.353 e. The highest BCUT2D eigenvalue weighted by molar-refractivity contribution is 5.98. The first-order chi connectivity index (χ1) is 15.2. The van der Waals surface area contributed by atoms with Crippen LogP contribution in [0.3, 0.4) is 0 Å². The molecular formula is C25H35N5O. The van der Waals surface area contributed by atoms with Crippen molar-refractivity contribution in [3.05, 3.63) is 59.8 Å². The van der Waals surface area contributed by atoms with Gasteiger partial charge in [-0.2, -0.15) is 0 Å². The Kier molecular flexibility index (Phi) is 7.54. The normalized spacial score (nSPS) is 20.1. The molecule has 1 aromatic heterocycles. The Hall–Kier alpha value is -2.44. The number of pyridine rings is 1. The van der Waals surface area contributed by atoms with Crippen molar-refractivity contribution in [1.82, 2.24) is 20.5 Å². The zero-order valence-electron chi connectivity index (χ0n) is 18.6. The summed E-state index contributed by atoms with van der Waals surface area (Å²) in [5.41, 5.74) is 1.93. The summed E-state index contributed by atoms with van der Waals surface area (Å²) < 4.78 is 0. The monoisotopic (exact) mass is 421 g/mol. The van der Waals surface area contributed by atoms with Crippen molar-refractivity contribution in [2.45, 2.75) is 44.2 Å². The van der Waals surface area contributed by atoms with Gasteiger partial charge >= 0.3 is 0 Å². The second-order valence-electron chi connectivity index (χ2n) is 8.77. The standard InChI is InChI=1S/C25H35N5O/c1-29(21-11-6-3-7-12-21)17-15-28-25(31)22-13-8-14-27-24(22)30-18-16-26-23(19-30)20-9-4-2-5-10-20/h2,4-5,8-10,13-14,21,23,26H,3,6-7,11-12,15-19H2,1H3,(H,28,31)/t23-/m0/s1. The van der Waals surface area contributed by atoms with Gasteiger partial charge in [0.05, 0.1) is 5.56 Å². The smallest absolute Gasteiger partial charge is 0.255 e. The fraction of sp³-hybridized carbons (Fsp3) is 0.520. The van der Waals surface area contributed by atoms with E-state index in [1.807, 2.05) is 18.2 Å². The molecule has 1 aliphatic carbocycles. The van der Waals surface area contributed by atoms with Crippen LogP contribution in [0.1, 0.15) is 54.1 Å². The number of amides is 1. The molecule has 2 fully saturated rings. The van der Waals surface area contributed by atoms with Crippen molar-refractivity contribution in [2.24, 2.45) is 0 Å². The molecule has 0 spiro atoms. The van der Waals surface area contributed by atoms with E-state index < -0.39 is 0 Å². The fourth-order valence-electron chi connectivity index (χ4n) is 4.82. The van der Waals surface area contributed by atoms with Gasteiger partial charge in [-0.15, -0.1) is 0 Å². The number of benzene rings is 1. The molecule has 4 rings (SSSR count). The Morgan fingerprint density at radius 2 is 1.97 bits per heavy atom. The molecule has 166 valence electrons. The van der Waals surface area contributed by atoms with E-state index in [2.05, 4.69) is 56.7 Å². The van der Waals surface area contributed by atoms with Gasteiger partial charge in [-0.3, -0.25) is 4.79 Å². The number of nitrogens with one attached hydrogen (secondary N) is 2. The third kappa shape index (κ3) is 5.63. The van der Waals surface area contributed by atoms with Crippen molar-refractivity contribution >= 4 is 11.7 Å². The summed E-state index contributed by atoms with van der Waals surface area (Å²) in [6, 6.07) is 15.1. The van der Waals surface area contributed by atoms with E-state index in [0.717, 1.165) is 32.0 Å². The summed E-state index contributed by atoms with van der Waals surface area (Å²) in [6.45, 7) is 4.05. The van der Waals surface area contributed by atoms with Crippen LogP contribution in [0.4, 0.5) is 5.82 Å². The highest BCUT2D eigenvalue weighted by Gasteiger charge is 2.25. The van der Waals surface area contributed by atoms with Crippen molar-refractivity contribution in [1.29, 1.82) is 0 Å². The van der Waals surface area contributed by atoms with Crippen LogP contribution in [0, 0.1) is 0 Å². The number of rotatable bonds is 7. The third-order valence-electron chi connectivity index (χ3n) is 6.66. The molecule has 2 N–H and O–H groups in total. The van der Waals surface area contributed by atoms with Crippen molar-refractivity contribution in [3.8, 4) is 0 Å². The summed E-state index contributed by atoms with van der Waals surface area (Å²) in [7, 11) is 2.18. The van der Waals surface area contributed by atoms with Gasteiger partial charge in [0.15, 0.2) is 0 Å². The van der Waals surface area contributed by atoms with Gasteiger partial charge in [0.2, 0.25) is 0 Å². The number of carbonyl (C=O) groups is 1. The van der Waals surface area contributed by atoms with Gasteiger partial charge in [0.25, 0.3) is 5.91 Å². The van der Waals surface area contributed by atoms with Crippen LogP contribution in [-0.4, -0.2) is 61.6 Å². The fourth-order valence-corrected chi connectivity index (χ4v) is 4.82. The molecule has 1 aromatic carbocycles. The predicted octanol–water partition coefficient (Wildman–Crippen LogP) is 3.23. The van der Waals surface area contributed by atoms with Gasteiger partial charge in [-0.1, -0.05) is 49.6 Å². The number of piperazine rings is 1. The Labute approximate surface area is 186 Å². The van der Waals surface area contributed by atoms with Gasteiger partial charge < -0.3 is 20.4 Å². The van der Waals surface area contributed by atoms with Crippen LogP contribution in [0.5, 0.6) is 0 Å². The van der Waals surface area contributed by atoms with Gasteiger partial charge in [0, 0.05) is 51.0 Å². The molecule has 1 aliphatic heterocycles. The molecule has 0 unspecified atom stereocenters. The van der Waals surface area contributed by atoms with E-state index in [9.17, 15) is 4.79 Å². The molecule has 2 heterocycles. The van der Waals surface area contributed by atoms with E-state index in [1.165, 1.54) is 37.7 Å². The molecule has 1 saturated heterocycles. The lowest BCUT2D eigenvalue weighted by Gasteiger charge is -2.35. The summed E-state index contributed by atoms with van der Waals surface area (Å²) in [5.74, 6) is 0.748. The maximum Gasteiger partial charge on any atom is 0.255 e. The average molecular weight is 422 g/mol. The van der Waals surface area contributed by atoms with Crippen LogP contribution >= 0.6 is 0 Å². The summed E-state index contributed by atoms with van der Waals surface area (Å²) in [5, 5.41) is 6.71. The SMILES string of the molecule is CN(CCNC(=O)c1cccnc1N1CCN[C@H](c2ccccc2)C1)C1CCCCC1. The van der Waals surface area contributed by atoms with Crippen LogP contribution in [0.2, 0.25) is 0 Å². The van der Waals surface area contributed by atoms with Gasteiger partial charge in [-0.05, 0) is 37.6 Å². The quantitative estimate of drug-likeness (QED) is 0.719. The van der Waals surface area contributed by atoms with Crippen molar-refractivity contribution < 1.29 is 4.79 Å². The van der Waals surface area contributed by atoms with Crippen molar-refractivity contribution in [2.75, 3.05) is 44.7 Å². The molecule has 2 aliphatic rings. The minimum atomic E-state index is -0.0325. The Morgan fingerprint density at radius 3 is 2.77 bits per heavy atom. The number of aromatic nitrogens is 1. The minimum absolute atomic E-state index is 0.0325. The number of hydrogen-bond donors (Lipinski definition) is 2. The van der Waals surface area contributed by atoms with E-state index in [4.69, 9.17) is 0 Å². The first-order valence-corrected chi connectivity index (χ1v) is 11.7. The molecule has 2 aromatic rings. The van der Waals surface area contributed by atoms with Crippen molar-refractivity contribution in [3.63, 3.8) is 0 Å². The zero-order valence-corrected chi connectivity index (χ0v) is 18.6. The molecule has 6 nitrogen and oxygen atoms in total. The second-order valence-corrected chi connectivity index (χ2v) is 8.77. The minimum Gasteiger partial charge on any atom is -0.353 e. The van der Waals surface area contributed by atoms with Gasteiger partial charge in [-0.25, -0.2) is 4.98 Å². The molecule has 0 bridgehead atoms. The molecular weight excluding hydrogens is 386 g/mol. The van der Waals surface area contributed by atoms with E-state index >= 15 is 0 Å². The zero-order chi connectivity index (χ0) is 21.5. The Balaban J connectivity index is 1.36. The van der Waals surface area contributed by atoms with E-state index in [1.54, 1.807) is 6.20 Å². The predicted molar refractivity (Wildman–Crippen MR) is 125 cm³/mol. The number of nitrogens with zero attached hydrogens (tertiary/aromatic N) is 3. The highest BCUT2D eigenvalue weighted by atomic mass is 16.1. The average Bonchev–Trinajstić information content (AvgIpc) is 2.85. The maximum atomic E-state index is 13.0. The highest BCUT2D eigenvalue weighted by Crippen LogP contribution is 2.24. The van der Waals surface area contributed by atoms with Crippen LogP contribution in [-0.2, 0) is 0 Å². The molecule has 0 radical (unpaired) electrons. The molecule has 1 atom stereocenters. The lowest BCUT2D eigenvalue weighted by Crippen LogP contribution is -2.47. The lowest BCUT2D eigenvalue weighted by molar-refractivity contribution is 0.0944. The lowest BCUT2D eigenvalue weighted by atomic mass is 9.94. The van der Waals surface area contributed by atoms with Crippen LogP contribution in [0.15, 0.2) is 48.7 Å². The second kappa shape index (κ2) is 10.7. The number of likely N-dealkylation sites (N-methyl/N-ethyl adjacent to an activating group) is 1. The number of carbonyl (C=O) groups excluding carboxylic acids is 1. The Bertz CT molecular complexity index is 837. The molecule has 31 heavy (non-hydrogen) atoms. The summed E-state index contributed by atoms with van der Waals surface area (Å²) in [6.07, 6.45) is 8.36. The Morgan fingerprint density at radius 1 is 1.16 bits per heavy atom. The maximum absolute atomic E-state index is 13.0. The third-order valence-corrected chi connectivity index (χ3v) is 6.66. The van der Waals surface area contributed by atoms with E-state index in [-0.39, 0.29) is 11.9 Å². The summed E-state index contributed by atoms with van der Waals surface area (Å²) in [4.78, 5) is 22.2. The van der Waals surface area contributed by atoms with Crippen LogP contribution < -0.4 is 15.5 Å². The van der Waals surface area contributed by atoms with Crippen LogP contribution in [0.25, 0.3) is 0 Å². The molecule has 6 heteroatoms. The molecule has 1 saturated carbocycles. The number of hydrogen-bond acceptors (Lipinski definition) is 5. The number of anilines is 1. The van der Waals surface area contributed by atoms with E-state index in [0.29, 0.717) is 18.2 Å². The summed E-state index contributed by atoms with van der Waals surface area (Å²) >= 11 is 0.